The number of benzene rings is 2. The molecule has 1 N–H and O–H groups in total. The molecule has 2 aromatic carbocycles. The van der Waals surface area contributed by atoms with Crippen LogP contribution in [0.15, 0.2) is 36.4 Å². The predicted octanol–water partition coefficient (Wildman–Crippen LogP) is 5.93. The monoisotopic (exact) mass is 389 g/mol. The van der Waals surface area contributed by atoms with Gasteiger partial charge in [-0.1, -0.05) is 24.9 Å². The van der Waals surface area contributed by atoms with Crippen LogP contribution in [0, 0.1) is 13.8 Å². The topological polar surface area (TPSA) is 47.6 Å². The van der Waals surface area contributed by atoms with Crippen LogP contribution in [-0.2, 0) is 4.79 Å². The number of amides is 1. The Morgan fingerprint density at radius 2 is 1.56 bits per heavy atom. The molecule has 0 atom stereocenters. The van der Waals surface area contributed by atoms with Crippen LogP contribution in [0.5, 0.6) is 11.5 Å². The lowest BCUT2D eigenvalue weighted by molar-refractivity contribution is -0.116. The minimum absolute atomic E-state index is 0.0262. The summed E-state index contributed by atoms with van der Waals surface area (Å²) in [5.74, 6) is 1.58. The fourth-order valence-corrected chi connectivity index (χ4v) is 2.71. The largest absolute Gasteiger partial charge is 0.494 e. The summed E-state index contributed by atoms with van der Waals surface area (Å²) >= 11 is 6.15. The molecule has 2 rings (SSSR count). The van der Waals surface area contributed by atoms with E-state index in [0.717, 1.165) is 52.8 Å². The van der Waals surface area contributed by atoms with E-state index in [0.29, 0.717) is 19.4 Å². The van der Waals surface area contributed by atoms with E-state index < -0.39 is 0 Å². The van der Waals surface area contributed by atoms with Crippen molar-refractivity contribution in [2.45, 2.75) is 46.5 Å². The molecule has 1 amide bonds. The number of anilines is 1. The summed E-state index contributed by atoms with van der Waals surface area (Å²) in [5, 5.41) is 3.66. The molecular weight excluding hydrogens is 362 g/mol. The lowest BCUT2D eigenvalue weighted by Crippen LogP contribution is -2.12. The number of halogens is 1. The molecule has 0 unspecified atom stereocenters. The van der Waals surface area contributed by atoms with Gasteiger partial charge in [-0.3, -0.25) is 4.79 Å². The number of ether oxygens (including phenoxy) is 2. The average Bonchev–Trinajstić information content (AvgIpc) is 2.65. The molecule has 4 nitrogen and oxygen atoms in total. The molecule has 0 aliphatic rings. The van der Waals surface area contributed by atoms with Crippen LogP contribution in [0.4, 0.5) is 5.69 Å². The molecule has 0 radical (unpaired) electrons. The summed E-state index contributed by atoms with van der Waals surface area (Å²) in [6.45, 7) is 7.24. The number of aryl methyl sites for hydroxylation is 2. The maximum absolute atomic E-state index is 12.1. The van der Waals surface area contributed by atoms with Crippen molar-refractivity contribution in [1.29, 1.82) is 0 Å². The SMILES string of the molecule is CCCCOc1ccc(NC(=O)CCCOc2cc(C)c(Cl)c(C)c2)cc1. The molecule has 146 valence electrons. The first-order chi connectivity index (χ1) is 13.0. The number of carbonyl (C=O) groups is 1. The molecule has 27 heavy (non-hydrogen) atoms. The van der Waals surface area contributed by atoms with E-state index in [1.165, 1.54) is 0 Å². The van der Waals surface area contributed by atoms with Gasteiger partial charge in [-0.2, -0.15) is 0 Å². The van der Waals surface area contributed by atoms with Gasteiger partial charge < -0.3 is 14.8 Å². The van der Waals surface area contributed by atoms with Crippen molar-refractivity contribution in [1.82, 2.24) is 0 Å². The van der Waals surface area contributed by atoms with Gasteiger partial charge in [0.05, 0.1) is 13.2 Å². The average molecular weight is 390 g/mol. The van der Waals surface area contributed by atoms with Gasteiger partial charge in [0.15, 0.2) is 0 Å². The van der Waals surface area contributed by atoms with Crippen LogP contribution in [-0.4, -0.2) is 19.1 Å². The van der Waals surface area contributed by atoms with Crippen molar-refractivity contribution in [3.05, 3.63) is 52.5 Å². The number of carbonyl (C=O) groups excluding carboxylic acids is 1. The first kappa shape index (κ1) is 21.1. The molecule has 0 bridgehead atoms. The Labute approximate surface area is 166 Å². The molecular formula is C22H28ClNO3. The van der Waals surface area contributed by atoms with Gasteiger partial charge in [0.25, 0.3) is 0 Å². The van der Waals surface area contributed by atoms with E-state index in [1.807, 2.05) is 50.2 Å². The fraction of sp³-hybridized carbons (Fsp3) is 0.409. The third-order valence-corrected chi connectivity index (χ3v) is 4.73. The molecule has 0 aliphatic carbocycles. The van der Waals surface area contributed by atoms with Gasteiger partial charge in [0.1, 0.15) is 11.5 Å². The second-order valence-corrected chi connectivity index (χ2v) is 6.98. The van der Waals surface area contributed by atoms with Gasteiger partial charge in [-0.05, 0) is 74.2 Å². The smallest absolute Gasteiger partial charge is 0.224 e. The zero-order chi connectivity index (χ0) is 19.6. The number of nitrogens with one attached hydrogen (secondary N) is 1. The first-order valence-electron chi connectivity index (χ1n) is 9.42. The van der Waals surface area contributed by atoms with Crippen molar-refractivity contribution in [3.8, 4) is 11.5 Å². The minimum Gasteiger partial charge on any atom is -0.494 e. The van der Waals surface area contributed by atoms with Gasteiger partial charge in [0.2, 0.25) is 5.91 Å². The minimum atomic E-state index is -0.0262. The Kier molecular flexibility index (Phi) is 8.46. The number of hydrogen-bond acceptors (Lipinski definition) is 3. The highest BCUT2D eigenvalue weighted by Gasteiger charge is 2.06. The normalized spacial score (nSPS) is 10.5. The van der Waals surface area contributed by atoms with Gasteiger partial charge >= 0.3 is 0 Å². The third-order valence-electron chi connectivity index (χ3n) is 4.13. The zero-order valence-electron chi connectivity index (χ0n) is 16.3. The standard InChI is InChI=1S/C22H28ClNO3/c1-4-5-12-26-19-10-8-18(9-11-19)24-21(25)7-6-13-27-20-14-16(2)22(23)17(3)15-20/h8-11,14-15H,4-7,12-13H2,1-3H3,(H,24,25). The maximum atomic E-state index is 12.1. The molecule has 0 heterocycles. The molecule has 5 heteroatoms. The molecule has 0 spiro atoms. The van der Waals surface area contributed by atoms with E-state index >= 15 is 0 Å². The third kappa shape index (κ3) is 7.14. The predicted molar refractivity (Wildman–Crippen MR) is 111 cm³/mol. The van der Waals surface area contributed by atoms with Crippen molar-refractivity contribution >= 4 is 23.2 Å². The summed E-state index contributed by atoms with van der Waals surface area (Å²) in [6.07, 6.45) is 3.19. The summed E-state index contributed by atoms with van der Waals surface area (Å²) in [5.41, 5.74) is 2.76. The Balaban J connectivity index is 1.70. The highest BCUT2D eigenvalue weighted by molar-refractivity contribution is 6.32. The van der Waals surface area contributed by atoms with Crippen LogP contribution in [0.3, 0.4) is 0 Å². The van der Waals surface area contributed by atoms with Crippen LogP contribution in [0.2, 0.25) is 5.02 Å². The van der Waals surface area contributed by atoms with Gasteiger partial charge in [-0.15, -0.1) is 0 Å². The van der Waals surface area contributed by atoms with Crippen LogP contribution >= 0.6 is 11.6 Å². The lowest BCUT2D eigenvalue weighted by Gasteiger charge is -2.10. The summed E-state index contributed by atoms with van der Waals surface area (Å²) in [7, 11) is 0. The fourth-order valence-electron chi connectivity index (χ4n) is 2.60. The van der Waals surface area contributed by atoms with E-state index in [9.17, 15) is 4.79 Å². The molecule has 0 saturated carbocycles. The quantitative estimate of drug-likeness (QED) is 0.512. The first-order valence-corrected chi connectivity index (χ1v) is 9.79. The van der Waals surface area contributed by atoms with Crippen LogP contribution < -0.4 is 14.8 Å². The van der Waals surface area contributed by atoms with Gasteiger partial charge in [-0.25, -0.2) is 0 Å². The number of hydrogen-bond donors (Lipinski definition) is 1. The molecule has 0 saturated heterocycles. The molecule has 0 aliphatic heterocycles. The van der Waals surface area contributed by atoms with E-state index in [-0.39, 0.29) is 5.91 Å². The molecule has 2 aromatic rings. The zero-order valence-corrected chi connectivity index (χ0v) is 17.1. The van der Waals surface area contributed by atoms with Crippen LogP contribution in [0.1, 0.15) is 43.7 Å². The summed E-state index contributed by atoms with van der Waals surface area (Å²) < 4.78 is 11.3. The van der Waals surface area contributed by atoms with Crippen LogP contribution in [0.25, 0.3) is 0 Å². The summed E-state index contributed by atoms with van der Waals surface area (Å²) in [4.78, 5) is 12.1. The number of unbranched alkanes of at least 4 members (excludes halogenated alkanes) is 1. The maximum Gasteiger partial charge on any atom is 0.224 e. The lowest BCUT2D eigenvalue weighted by atomic mass is 10.1. The Morgan fingerprint density at radius 1 is 0.963 bits per heavy atom. The number of rotatable bonds is 10. The Bertz CT molecular complexity index is 721. The second-order valence-electron chi connectivity index (χ2n) is 6.60. The van der Waals surface area contributed by atoms with E-state index in [1.54, 1.807) is 0 Å². The van der Waals surface area contributed by atoms with Crippen molar-refractivity contribution < 1.29 is 14.3 Å². The second kappa shape index (κ2) is 10.8. The van der Waals surface area contributed by atoms with Gasteiger partial charge in [0, 0.05) is 17.1 Å². The van der Waals surface area contributed by atoms with Crippen molar-refractivity contribution in [3.63, 3.8) is 0 Å². The highest BCUT2D eigenvalue weighted by Crippen LogP contribution is 2.26. The highest BCUT2D eigenvalue weighted by atomic mass is 35.5. The molecule has 0 fully saturated rings. The van der Waals surface area contributed by atoms with E-state index in [2.05, 4.69) is 12.2 Å². The van der Waals surface area contributed by atoms with E-state index in [4.69, 9.17) is 21.1 Å². The Morgan fingerprint density at radius 3 is 2.19 bits per heavy atom. The molecule has 0 aromatic heterocycles. The van der Waals surface area contributed by atoms with Crippen molar-refractivity contribution in [2.75, 3.05) is 18.5 Å². The summed E-state index contributed by atoms with van der Waals surface area (Å²) in [6, 6.07) is 11.3. The van der Waals surface area contributed by atoms with Crippen molar-refractivity contribution in [2.24, 2.45) is 0 Å². The Hall–Kier alpha value is -2.20.